The van der Waals surface area contributed by atoms with Crippen molar-refractivity contribution in [3.05, 3.63) is 110 Å². The van der Waals surface area contributed by atoms with Gasteiger partial charge in [0.05, 0.1) is 17.1 Å². The summed E-state index contributed by atoms with van der Waals surface area (Å²) in [4.78, 5) is 31.6. The van der Waals surface area contributed by atoms with E-state index in [0.717, 1.165) is 28.1 Å². The molecular weight excluding hydrogens is 521 g/mol. The molecule has 37 heavy (non-hydrogen) atoms. The molecule has 2 aromatic heterocycles. The van der Waals surface area contributed by atoms with Crippen molar-refractivity contribution >= 4 is 51.6 Å². The number of amides is 1. The van der Waals surface area contributed by atoms with Gasteiger partial charge < -0.3 is 5.32 Å². The molecule has 186 valence electrons. The Morgan fingerprint density at radius 3 is 2.16 bits per heavy atom. The molecule has 5 aromatic rings. The number of para-hydroxylation sites is 2. The Morgan fingerprint density at radius 2 is 1.51 bits per heavy atom. The number of hydrogen-bond donors (Lipinski definition) is 1. The van der Waals surface area contributed by atoms with E-state index in [1.807, 2.05) is 97.3 Å². The van der Waals surface area contributed by atoms with Gasteiger partial charge in [-0.15, -0.1) is 0 Å². The lowest BCUT2D eigenvalue weighted by molar-refractivity contribution is -0.118. The van der Waals surface area contributed by atoms with Crippen LogP contribution < -0.4 is 10.9 Å². The topological polar surface area (TPSA) is 68.9 Å². The van der Waals surface area contributed by atoms with Crippen molar-refractivity contribution in [2.75, 3.05) is 5.75 Å². The van der Waals surface area contributed by atoms with Gasteiger partial charge in [0, 0.05) is 6.54 Å². The number of thioether (sulfide) groups is 1. The number of carbonyl (C=O) groups excluding carboxylic acids is 1. The second-order valence-electron chi connectivity index (χ2n) is 8.52. The highest BCUT2D eigenvalue weighted by atomic mass is 32.2. The molecule has 0 radical (unpaired) electrons. The molecule has 1 amide bonds. The van der Waals surface area contributed by atoms with Gasteiger partial charge >= 0.3 is 0 Å². The minimum atomic E-state index is -0.199. The molecule has 1 N–H and O–H groups in total. The van der Waals surface area contributed by atoms with Gasteiger partial charge in [0.1, 0.15) is 4.70 Å². The summed E-state index contributed by atoms with van der Waals surface area (Å²) < 4.78 is 4.48. The molecule has 9 heteroatoms. The number of fused-ring (bicyclic) bond motifs is 1. The molecule has 0 bridgehead atoms. The number of thiazole rings is 1. The normalized spacial score (nSPS) is 11.1. The Hall–Kier alpha value is -3.53. The lowest BCUT2D eigenvalue weighted by Crippen LogP contribution is -2.26. The molecule has 0 aliphatic heterocycles. The minimum absolute atomic E-state index is 0.117. The van der Waals surface area contributed by atoms with Gasteiger partial charge in [-0.3, -0.25) is 18.7 Å². The Balaban J connectivity index is 1.58. The van der Waals surface area contributed by atoms with Gasteiger partial charge in [-0.2, -0.15) is 0 Å². The van der Waals surface area contributed by atoms with Crippen molar-refractivity contribution in [1.82, 2.24) is 19.4 Å². The SMILES string of the molecule is Cc1ccccc1-n1c(SCC(=O)NCc2ccccc2)nc2c(sc(=S)n2-c2ccccc2C)c1=O. The number of aryl methyl sites for hydroxylation is 2. The average Bonchev–Trinajstić information content (AvgIpc) is 3.24. The average molecular weight is 545 g/mol. The predicted octanol–water partition coefficient (Wildman–Crippen LogP) is 5.99. The molecule has 0 saturated heterocycles. The predicted molar refractivity (Wildman–Crippen MR) is 154 cm³/mol. The van der Waals surface area contributed by atoms with Crippen LogP contribution in [0.5, 0.6) is 0 Å². The summed E-state index contributed by atoms with van der Waals surface area (Å²) in [5, 5.41) is 3.39. The van der Waals surface area contributed by atoms with Crippen molar-refractivity contribution in [1.29, 1.82) is 0 Å². The smallest absolute Gasteiger partial charge is 0.278 e. The molecule has 0 aliphatic carbocycles. The van der Waals surface area contributed by atoms with Gasteiger partial charge in [-0.05, 0) is 54.9 Å². The Labute approximate surface area is 227 Å². The molecule has 0 spiro atoms. The molecule has 2 heterocycles. The first kappa shape index (κ1) is 25.1. The first-order valence-corrected chi connectivity index (χ1v) is 13.9. The van der Waals surface area contributed by atoms with E-state index >= 15 is 0 Å². The summed E-state index contributed by atoms with van der Waals surface area (Å²) in [5.41, 5.74) is 4.90. The van der Waals surface area contributed by atoms with Crippen LogP contribution in [0.15, 0.2) is 88.8 Å². The zero-order valence-electron chi connectivity index (χ0n) is 20.3. The highest BCUT2D eigenvalue weighted by Crippen LogP contribution is 2.29. The van der Waals surface area contributed by atoms with Gasteiger partial charge in [0.25, 0.3) is 5.56 Å². The fourth-order valence-corrected chi connectivity index (χ4v) is 6.18. The summed E-state index contributed by atoms with van der Waals surface area (Å²) in [5.74, 6) is -0.0214. The Kier molecular flexibility index (Phi) is 7.36. The highest BCUT2D eigenvalue weighted by Gasteiger charge is 2.21. The van der Waals surface area contributed by atoms with Crippen LogP contribution in [0.4, 0.5) is 0 Å². The number of rotatable bonds is 7. The molecule has 6 nitrogen and oxygen atoms in total. The van der Waals surface area contributed by atoms with Gasteiger partial charge in [-0.25, -0.2) is 4.98 Å². The third-order valence-corrected chi connectivity index (χ3v) is 8.24. The van der Waals surface area contributed by atoms with E-state index in [9.17, 15) is 9.59 Å². The van der Waals surface area contributed by atoms with Crippen molar-refractivity contribution < 1.29 is 4.79 Å². The van der Waals surface area contributed by atoms with Crippen LogP contribution in [0.3, 0.4) is 0 Å². The number of nitrogens with zero attached hydrogens (tertiary/aromatic N) is 3. The fraction of sp³-hybridized carbons (Fsp3) is 0.143. The number of hydrogen-bond acceptors (Lipinski definition) is 6. The molecule has 5 rings (SSSR count). The third-order valence-electron chi connectivity index (χ3n) is 5.95. The van der Waals surface area contributed by atoms with Gasteiger partial charge in [-0.1, -0.05) is 89.8 Å². The van der Waals surface area contributed by atoms with E-state index in [2.05, 4.69) is 5.32 Å². The summed E-state index contributed by atoms with van der Waals surface area (Å²) in [6, 6.07) is 25.3. The van der Waals surface area contributed by atoms with Crippen LogP contribution in [-0.2, 0) is 11.3 Å². The van der Waals surface area contributed by atoms with E-state index < -0.39 is 0 Å². The van der Waals surface area contributed by atoms with Crippen LogP contribution in [0, 0.1) is 17.8 Å². The second kappa shape index (κ2) is 10.8. The molecule has 0 fully saturated rings. The maximum atomic E-state index is 13.9. The van der Waals surface area contributed by atoms with Crippen LogP contribution in [0.2, 0.25) is 0 Å². The van der Waals surface area contributed by atoms with Crippen LogP contribution in [-0.4, -0.2) is 25.8 Å². The Bertz CT molecular complexity index is 1720. The Morgan fingerprint density at radius 1 is 0.919 bits per heavy atom. The molecule has 0 aliphatic rings. The minimum Gasteiger partial charge on any atom is -0.351 e. The summed E-state index contributed by atoms with van der Waals surface area (Å²) in [6.07, 6.45) is 0. The number of benzene rings is 3. The third kappa shape index (κ3) is 5.16. The summed E-state index contributed by atoms with van der Waals surface area (Å²) in [6.45, 7) is 4.39. The molecule has 0 unspecified atom stereocenters. The molecule has 3 aromatic carbocycles. The quantitative estimate of drug-likeness (QED) is 0.155. The lowest BCUT2D eigenvalue weighted by atomic mass is 10.2. The second-order valence-corrected chi connectivity index (χ2v) is 11.1. The maximum Gasteiger partial charge on any atom is 0.278 e. The lowest BCUT2D eigenvalue weighted by Gasteiger charge is -2.15. The monoisotopic (exact) mass is 544 g/mol. The highest BCUT2D eigenvalue weighted by molar-refractivity contribution is 7.99. The zero-order chi connectivity index (χ0) is 25.9. The molecular formula is C28H24N4O2S3. The first-order chi connectivity index (χ1) is 17.9. The van der Waals surface area contributed by atoms with E-state index in [0.29, 0.717) is 26.0 Å². The van der Waals surface area contributed by atoms with Crippen LogP contribution >= 0.6 is 35.3 Å². The van der Waals surface area contributed by atoms with E-state index in [4.69, 9.17) is 17.2 Å². The summed E-state index contributed by atoms with van der Waals surface area (Å²) in [7, 11) is 0. The molecule has 0 saturated carbocycles. The summed E-state index contributed by atoms with van der Waals surface area (Å²) >= 11 is 8.19. The standard InChI is InChI=1S/C28H24N4O2S3/c1-18-10-6-8-14-21(18)31-25-24(37-28(31)35)26(34)32(22-15-9-7-11-19(22)2)27(30-25)36-17-23(33)29-16-20-12-4-3-5-13-20/h3-15H,16-17H2,1-2H3,(H,29,33). The molecule has 0 atom stereocenters. The van der Waals surface area contributed by atoms with Crippen molar-refractivity contribution in [2.45, 2.75) is 25.5 Å². The van der Waals surface area contributed by atoms with Gasteiger partial charge in [0.15, 0.2) is 14.8 Å². The van der Waals surface area contributed by atoms with Crippen LogP contribution in [0.1, 0.15) is 16.7 Å². The van der Waals surface area contributed by atoms with E-state index in [-0.39, 0.29) is 17.2 Å². The van der Waals surface area contributed by atoms with Crippen molar-refractivity contribution in [3.8, 4) is 11.4 Å². The maximum absolute atomic E-state index is 13.9. The van der Waals surface area contributed by atoms with Gasteiger partial charge in [0.2, 0.25) is 5.91 Å². The number of aromatic nitrogens is 3. The van der Waals surface area contributed by atoms with Crippen molar-refractivity contribution in [3.63, 3.8) is 0 Å². The van der Waals surface area contributed by atoms with E-state index in [1.54, 1.807) is 4.57 Å². The zero-order valence-corrected chi connectivity index (χ0v) is 22.8. The van der Waals surface area contributed by atoms with Crippen LogP contribution in [0.25, 0.3) is 21.7 Å². The fourth-order valence-electron chi connectivity index (χ4n) is 4.06. The number of carbonyl (C=O) groups is 1. The van der Waals surface area contributed by atoms with E-state index in [1.165, 1.54) is 23.1 Å². The largest absolute Gasteiger partial charge is 0.351 e. The van der Waals surface area contributed by atoms with Crippen molar-refractivity contribution in [2.24, 2.45) is 0 Å². The first-order valence-electron chi connectivity index (χ1n) is 11.7. The number of nitrogens with one attached hydrogen (secondary N) is 1.